The van der Waals surface area contributed by atoms with Gasteiger partial charge in [-0.3, -0.25) is 4.57 Å². The molecule has 146 valence electrons. The van der Waals surface area contributed by atoms with Crippen LogP contribution in [0.4, 0.5) is 4.79 Å². The Bertz CT molecular complexity index is 952. The number of ether oxygens (including phenoxy) is 1. The SMILES string of the molecule is Cn1c(=O)n(C(=O)OC(C)(C)C)c2ncc(B3OC(C)(C)C(C)(C)O3)cc21. The zero-order valence-corrected chi connectivity index (χ0v) is 17.1. The van der Waals surface area contributed by atoms with E-state index in [4.69, 9.17) is 14.0 Å². The largest absolute Gasteiger partial charge is 0.496 e. The zero-order chi connectivity index (χ0) is 20.4. The van der Waals surface area contributed by atoms with E-state index >= 15 is 0 Å². The lowest BCUT2D eigenvalue weighted by molar-refractivity contribution is 0.00578. The Hall–Kier alpha value is -2.13. The van der Waals surface area contributed by atoms with Crippen molar-refractivity contribution in [3.05, 3.63) is 22.7 Å². The van der Waals surface area contributed by atoms with Crippen molar-refractivity contribution in [3.63, 3.8) is 0 Å². The van der Waals surface area contributed by atoms with Crippen LogP contribution in [0.5, 0.6) is 0 Å². The predicted octanol–water partition coefficient (Wildman–Crippen LogP) is 1.82. The fraction of sp³-hybridized carbons (Fsp3) is 0.611. The minimum atomic E-state index is -0.756. The van der Waals surface area contributed by atoms with Crippen molar-refractivity contribution in [2.24, 2.45) is 7.05 Å². The van der Waals surface area contributed by atoms with E-state index in [2.05, 4.69) is 4.98 Å². The fourth-order valence-electron chi connectivity index (χ4n) is 2.80. The van der Waals surface area contributed by atoms with Gasteiger partial charge in [0.2, 0.25) is 0 Å². The number of nitrogens with zero attached hydrogens (tertiary/aromatic N) is 3. The summed E-state index contributed by atoms with van der Waals surface area (Å²) < 4.78 is 19.7. The van der Waals surface area contributed by atoms with Gasteiger partial charge in [-0.2, -0.15) is 4.57 Å². The van der Waals surface area contributed by atoms with Crippen LogP contribution in [0.15, 0.2) is 17.1 Å². The fourth-order valence-corrected chi connectivity index (χ4v) is 2.80. The number of rotatable bonds is 1. The van der Waals surface area contributed by atoms with Gasteiger partial charge in [-0.1, -0.05) is 0 Å². The summed E-state index contributed by atoms with van der Waals surface area (Å²) in [7, 11) is 0.980. The number of imidazole rings is 1. The number of aryl methyl sites for hydroxylation is 1. The molecule has 0 atom stereocenters. The van der Waals surface area contributed by atoms with Gasteiger partial charge in [0.05, 0.1) is 16.7 Å². The minimum Gasteiger partial charge on any atom is -0.443 e. The van der Waals surface area contributed by atoms with Gasteiger partial charge < -0.3 is 14.0 Å². The molecule has 1 aliphatic heterocycles. The summed E-state index contributed by atoms with van der Waals surface area (Å²) in [6.45, 7) is 13.1. The van der Waals surface area contributed by atoms with Crippen LogP contribution in [-0.2, 0) is 21.1 Å². The van der Waals surface area contributed by atoms with E-state index < -0.39 is 35.7 Å². The van der Waals surface area contributed by atoms with Crippen LogP contribution in [-0.4, -0.2) is 44.1 Å². The molecule has 8 nitrogen and oxygen atoms in total. The standard InChI is InChI=1S/C18H26BN3O5/c1-16(2,3)25-15(24)22-13-12(21(8)14(22)23)9-11(10-20-13)19-26-17(4,5)18(6,7)27-19/h9-10H,1-8H3. The summed E-state index contributed by atoms with van der Waals surface area (Å²) in [6, 6.07) is 1.76. The third-order valence-electron chi connectivity index (χ3n) is 5.02. The first kappa shape index (κ1) is 19.6. The number of aromatic nitrogens is 3. The molecule has 3 heterocycles. The molecule has 0 aromatic carbocycles. The number of fused-ring (bicyclic) bond motifs is 1. The number of hydrogen-bond donors (Lipinski definition) is 0. The third kappa shape index (κ3) is 3.30. The highest BCUT2D eigenvalue weighted by molar-refractivity contribution is 6.62. The summed E-state index contributed by atoms with van der Waals surface area (Å²) in [4.78, 5) is 29.4. The van der Waals surface area contributed by atoms with E-state index in [1.165, 1.54) is 4.57 Å². The first-order valence-corrected chi connectivity index (χ1v) is 8.90. The highest BCUT2D eigenvalue weighted by Crippen LogP contribution is 2.36. The van der Waals surface area contributed by atoms with Gasteiger partial charge in [0.1, 0.15) is 5.60 Å². The summed E-state index contributed by atoms with van der Waals surface area (Å²) in [5, 5.41) is 0. The molecule has 1 aliphatic rings. The second-order valence-corrected chi connectivity index (χ2v) is 8.86. The minimum absolute atomic E-state index is 0.233. The molecule has 2 aromatic heterocycles. The number of pyridine rings is 1. The van der Waals surface area contributed by atoms with Crippen LogP contribution in [0.1, 0.15) is 48.5 Å². The van der Waals surface area contributed by atoms with E-state index in [9.17, 15) is 9.59 Å². The molecule has 3 rings (SSSR count). The molecule has 0 spiro atoms. The Morgan fingerprint density at radius 2 is 1.74 bits per heavy atom. The molecule has 0 saturated carbocycles. The van der Waals surface area contributed by atoms with E-state index in [1.54, 1.807) is 40.1 Å². The molecule has 0 aliphatic carbocycles. The van der Waals surface area contributed by atoms with Crippen LogP contribution in [0.3, 0.4) is 0 Å². The quantitative estimate of drug-likeness (QED) is 0.707. The first-order valence-electron chi connectivity index (χ1n) is 8.90. The molecule has 1 saturated heterocycles. The van der Waals surface area contributed by atoms with Crippen LogP contribution in [0.25, 0.3) is 11.2 Å². The van der Waals surface area contributed by atoms with Gasteiger partial charge in [-0.25, -0.2) is 14.6 Å². The third-order valence-corrected chi connectivity index (χ3v) is 5.02. The van der Waals surface area contributed by atoms with Crippen molar-refractivity contribution in [1.82, 2.24) is 14.1 Å². The monoisotopic (exact) mass is 375 g/mol. The molecule has 9 heteroatoms. The normalized spacial score (nSPS) is 18.9. The highest BCUT2D eigenvalue weighted by atomic mass is 16.7. The Morgan fingerprint density at radius 1 is 1.19 bits per heavy atom. The van der Waals surface area contributed by atoms with Crippen molar-refractivity contribution in [2.45, 2.75) is 65.3 Å². The van der Waals surface area contributed by atoms with Crippen molar-refractivity contribution >= 4 is 29.8 Å². The molecule has 0 unspecified atom stereocenters. The average Bonchev–Trinajstić information content (AvgIpc) is 2.88. The zero-order valence-electron chi connectivity index (χ0n) is 17.1. The number of carbonyl (C=O) groups excluding carboxylic acids is 1. The van der Waals surface area contributed by atoms with Crippen LogP contribution < -0.4 is 11.2 Å². The maximum Gasteiger partial charge on any atom is 0.496 e. The molecule has 2 aromatic rings. The van der Waals surface area contributed by atoms with Crippen LogP contribution in [0.2, 0.25) is 0 Å². The van der Waals surface area contributed by atoms with Gasteiger partial charge in [-0.05, 0) is 54.5 Å². The lowest BCUT2D eigenvalue weighted by Crippen LogP contribution is -2.41. The van der Waals surface area contributed by atoms with E-state index in [1.807, 2.05) is 27.7 Å². The van der Waals surface area contributed by atoms with Gasteiger partial charge in [0, 0.05) is 18.7 Å². The van der Waals surface area contributed by atoms with Gasteiger partial charge >= 0.3 is 18.9 Å². The molecule has 0 N–H and O–H groups in total. The highest BCUT2D eigenvalue weighted by Gasteiger charge is 2.52. The number of hydrogen-bond acceptors (Lipinski definition) is 6. The van der Waals surface area contributed by atoms with Crippen LogP contribution in [0, 0.1) is 0 Å². The summed E-state index contributed by atoms with van der Waals surface area (Å²) in [5.74, 6) is 0. The lowest BCUT2D eigenvalue weighted by Gasteiger charge is -2.32. The second-order valence-electron chi connectivity index (χ2n) is 8.86. The van der Waals surface area contributed by atoms with E-state index in [-0.39, 0.29) is 5.65 Å². The predicted molar refractivity (Wildman–Crippen MR) is 102 cm³/mol. The Morgan fingerprint density at radius 3 is 2.26 bits per heavy atom. The molecule has 0 bridgehead atoms. The molecular weight excluding hydrogens is 349 g/mol. The van der Waals surface area contributed by atoms with Gasteiger partial charge in [0.25, 0.3) is 0 Å². The summed E-state index contributed by atoms with van der Waals surface area (Å²) in [5.41, 5.74) is -0.797. The Balaban J connectivity index is 2.05. The van der Waals surface area contributed by atoms with Crippen molar-refractivity contribution < 1.29 is 18.8 Å². The molecule has 27 heavy (non-hydrogen) atoms. The summed E-state index contributed by atoms with van der Waals surface area (Å²) in [6.07, 6.45) is 0.805. The maximum absolute atomic E-state index is 12.6. The first-order chi connectivity index (χ1) is 12.2. The smallest absolute Gasteiger partial charge is 0.443 e. The van der Waals surface area contributed by atoms with Crippen LogP contribution >= 0.6 is 0 Å². The van der Waals surface area contributed by atoms with E-state index in [0.29, 0.717) is 11.0 Å². The second kappa shape index (κ2) is 5.94. The van der Waals surface area contributed by atoms with Gasteiger partial charge in [-0.15, -0.1) is 0 Å². The maximum atomic E-state index is 12.6. The topological polar surface area (TPSA) is 84.6 Å². The average molecular weight is 375 g/mol. The molecular formula is C18H26BN3O5. The summed E-state index contributed by atoms with van der Waals surface area (Å²) >= 11 is 0. The van der Waals surface area contributed by atoms with Crippen molar-refractivity contribution in [2.75, 3.05) is 0 Å². The lowest BCUT2D eigenvalue weighted by atomic mass is 9.80. The van der Waals surface area contributed by atoms with E-state index in [0.717, 1.165) is 4.57 Å². The van der Waals surface area contributed by atoms with Crippen molar-refractivity contribution in [1.29, 1.82) is 0 Å². The van der Waals surface area contributed by atoms with Gasteiger partial charge in [0.15, 0.2) is 5.65 Å². The molecule has 0 amide bonds. The Labute approximate surface area is 158 Å². The Kier molecular flexibility index (Phi) is 4.32. The number of carbonyl (C=O) groups is 1. The van der Waals surface area contributed by atoms with Crippen molar-refractivity contribution in [3.8, 4) is 0 Å². The molecule has 0 radical (unpaired) electrons. The molecule has 1 fully saturated rings.